The second-order valence-electron chi connectivity index (χ2n) is 6.43. The molecule has 4 nitrogen and oxygen atoms in total. The van der Waals surface area contributed by atoms with E-state index in [2.05, 4.69) is 24.1 Å². The molecule has 1 saturated heterocycles. The van der Waals surface area contributed by atoms with E-state index in [-0.39, 0.29) is 17.9 Å². The standard InChI is InChI=1S/C16H33N3O/c1-4-14(3)15(17)16(20)18-9-5-6-10-19-11-7-13(2)8-12-19/h13-15H,4-12,17H2,1-3H3,(H,18,20). The molecule has 0 aromatic heterocycles. The van der Waals surface area contributed by atoms with Crippen LogP contribution in [0, 0.1) is 11.8 Å². The molecule has 0 aromatic rings. The average molecular weight is 283 g/mol. The fourth-order valence-electron chi connectivity index (χ4n) is 2.59. The van der Waals surface area contributed by atoms with E-state index in [4.69, 9.17) is 5.73 Å². The zero-order valence-electron chi connectivity index (χ0n) is 13.5. The SMILES string of the molecule is CCC(C)C(N)C(=O)NCCCCN1CCC(C)CC1. The van der Waals surface area contributed by atoms with E-state index in [0.717, 1.165) is 31.7 Å². The Labute approximate surface area is 124 Å². The van der Waals surface area contributed by atoms with E-state index in [9.17, 15) is 4.79 Å². The number of nitrogens with two attached hydrogens (primary N) is 1. The van der Waals surface area contributed by atoms with Crippen molar-refractivity contribution < 1.29 is 4.79 Å². The fraction of sp³-hybridized carbons (Fsp3) is 0.938. The highest BCUT2D eigenvalue weighted by Crippen LogP contribution is 2.16. The Morgan fingerprint density at radius 2 is 2.00 bits per heavy atom. The molecule has 1 aliphatic heterocycles. The van der Waals surface area contributed by atoms with Gasteiger partial charge in [-0.2, -0.15) is 0 Å². The third kappa shape index (κ3) is 6.23. The first-order chi connectivity index (χ1) is 9.54. The molecule has 118 valence electrons. The normalized spacial score (nSPS) is 20.6. The van der Waals surface area contributed by atoms with Crippen molar-refractivity contribution in [3.8, 4) is 0 Å². The van der Waals surface area contributed by atoms with E-state index < -0.39 is 0 Å². The highest BCUT2D eigenvalue weighted by Gasteiger charge is 2.18. The number of hydrogen-bond acceptors (Lipinski definition) is 3. The maximum Gasteiger partial charge on any atom is 0.237 e. The molecule has 4 heteroatoms. The van der Waals surface area contributed by atoms with Crippen LogP contribution in [-0.2, 0) is 4.79 Å². The van der Waals surface area contributed by atoms with Gasteiger partial charge in [-0.05, 0) is 57.2 Å². The fourth-order valence-corrected chi connectivity index (χ4v) is 2.59. The van der Waals surface area contributed by atoms with Gasteiger partial charge in [0.25, 0.3) is 0 Å². The maximum atomic E-state index is 11.8. The minimum absolute atomic E-state index is 0.00569. The molecule has 0 bridgehead atoms. The Hall–Kier alpha value is -0.610. The lowest BCUT2D eigenvalue weighted by molar-refractivity contribution is -0.123. The van der Waals surface area contributed by atoms with Gasteiger partial charge in [-0.15, -0.1) is 0 Å². The summed E-state index contributed by atoms with van der Waals surface area (Å²) < 4.78 is 0. The first-order valence-electron chi connectivity index (χ1n) is 8.30. The minimum Gasteiger partial charge on any atom is -0.355 e. The molecule has 1 heterocycles. The molecule has 1 rings (SSSR count). The highest BCUT2D eigenvalue weighted by molar-refractivity contribution is 5.81. The molecule has 2 unspecified atom stereocenters. The molecular weight excluding hydrogens is 250 g/mol. The van der Waals surface area contributed by atoms with E-state index in [1.165, 1.54) is 32.5 Å². The van der Waals surface area contributed by atoms with Crippen LogP contribution in [0.2, 0.25) is 0 Å². The van der Waals surface area contributed by atoms with E-state index in [0.29, 0.717) is 0 Å². The summed E-state index contributed by atoms with van der Waals surface area (Å²) in [4.78, 5) is 14.3. The van der Waals surface area contributed by atoms with Crippen LogP contribution in [0.5, 0.6) is 0 Å². The monoisotopic (exact) mass is 283 g/mol. The number of piperidine rings is 1. The van der Waals surface area contributed by atoms with E-state index in [1.807, 2.05) is 6.92 Å². The summed E-state index contributed by atoms with van der Waals surface area (Å²) in [6.45, 7) is 10.8. The van der Waals surface area contributed by atoms with Gasteiger partial charge in [-0.25, -0.2) is 0 Å². The van der Waals surface area contributed by atoms with Crippen molar-refractivity contribution in [2.75, 3.05) is 26.2 Å². The molecule has 1 aliphatic rings. The zero-order valence-corrected chi connectivity index (χ0v) is 13.5. The van der Waals surface area contributed by atoms with Crippen molar-refractivity contribution in [1.29, 1.82) is 0 Å². The Balaban J connectivity index is 2.03. The predicted molar refractivity (Wildman–Crippen MR) is 84.5 cm³/mol. The Morgan fingerprint density at radius 3 is 2.60 bits per heavy atom. The summed E-state index contributed by atoms with van der Waals surface area (Å²) in [5.74, 6) is 1.16. The molecule has 0 spiro atoms. The number of unbranched alkanes of at least 4 members (excludes halogenated alkanes) is 1. The summed E-state index contributed by atoms with van der Waals surface area (Å²) >= 11 is 0. The van der Waals surface area contributed by atoms with Gasteiger partial charge >= 0.3 is 0 Å². The van der Waals surface area contributed by atoms with Gasteiger partial charge in [0.2, 0.25) is 5.91 Å². The highest BCUT2D eigenvalue weighted by atomic mass is 16.2. The minimum atomic E-state index is -0.358. The van der Waals surface area contributed by atoms with Gasteiger partial charge in [0.1, 0.15) is 0 Å². The van der Waals surface area contributed by atoms with Crippen molar-refractivity contribution in [3.05, 3.63) is 0 Å². The molecule has 3 N–H and O–H groups in total. The molecular formula is C16H33N3O. The summed E-state index contributed by atoms with van der Waals surface area (Å²) in [6, 6.07) is -0.358. The smallest absolute Gasteiger partial charge is 0.237 e. The first-order valence-corrected chi connectivity index (χ1v) is 8.30. The molecule has 0 aromatic carbocycles. The number of rotatable bonds is 8. The molecule has 0 saturated carbocycles. The second kappa shape index (κ2) is 9.35. The summed E-state index contributed by atoms with van der Waals surface area (Å²) in [6.07, 6.45) is 5.82. The van der Waals surface area contributed by atoms with Crippen LogP contribution in [-0.4, -0.2) is 43.0 Å². The number of carbonyl (C=O) groups excluding carboxylic acids is 1. The van der Waals surface area contributed by atoms with Crippen molar-refractivity contribution in [2.24, 2.45) is 17.6 Å². The van der Waals surface area contributed by atoms with Crippen LogP contribution in [0.15, 0.2) is 0 Å². The molecule has 0 radical (unpaired) electrons. The number of nitrogens with one attached hydrogen (secondary N) is 1. The maximum absolute atomic E-state index is 11.8. The van der Waals surface area contributed by atoms with Crippen LogP contribution in [0.25, 0.3) is 0 Å². The molecule has 1 fully saturated rings. The zero-order chi connectivity index (χ0) is 15.0. The van der Waals surface area contributed by atoms with Crippen LogP contribution in [0.3, 0.4) is 0 Å². The summed E-state index contributed by atoms with van der Waals surface area (Å²) in [7, 11) is 0. The lowest BCUT2D eigenvalue weighted by Gasteiger charge is -2.30. The Kier molecular flexibility index (Phi) is 8.15. The summed E-state index contributed by atoms with van der Waals surface area (Å²) in [5.41, 5.74) is 5.90. The van der Waals surface area contributed by atoms with Crippen LogP contribution < -0.4 is 11.1 Å². The predicted octanol–water partition coefficient (Wildman–Crippen LogP) is 1.99. The van der Waals surface area contributed by atoms with Crippen molar-refractivity contribution in [2.45, 2.75) is 58.9 Å². The quantitative estimate of drug-likeness (QED) is 0.670. The summed E-state index contributed by atoms with van der Waals surface area (Å²) in [5, 5.41) is 2.96. The number of amides is 1. The Bertz CT molecular complexity index is 275. The van der Waals surface area contributed by atoms with Gasteiger partial charge in [0, 0.05) is 6.54 Å². The molecule has 0 aliphatic carbocycles. The first kappa shape index (κ1) is 17.4. The van der Waals surface area contributed by atoms with Crippen LogP contribution >= 0.6 is 0 Å². The number of carbonyl (C=O) groups is 1. The second-order valence-corrected chi connectivity index (χ2v) is 6.43. The van der Waals surface area contributed by atoms with Crippen molar-refractivity contribution in [1.82, 2.24) is 10.2 Å². The Morgan fingerprint density at radius 1 is 1.35 bits per heavy atom. The van der Waals surface area contributed by atoms with Gasteiger partial charge in [0.15, 0.2) is 0 Å². The topological polar surface area (TPSA) is 58.4 Å². The van der Waals surface area contributed by atoms with Crippen LogP contribution in [0.4, 0.5) is 0 Å². The van der Waals surface area contributed by atoms with Crippen molar-refractivity contribution in [3.63, 3.8) is 0 Å². The number of likely N-dealkylation sites (tertiary alicyclic amines) is 1. The van der Waals surface area contributed by atoms with Gasteiger partial charge < -0.3 is 16.0 Å². The number of nitrogens with zero attached hydrogens (tertiary/aromatic N) is 1. The molecule has 20 heavy (non-hydrogen) atoms. The van der Waals surface area contributed by atoms with E-state index in [1.54, 1.807) is 0 Å². The van der Waals surface area contributed by atoms with Gasteiger partial charge in [0.05, 0.1) is 6.04 Å². The third-order valence-electron chi connectivity index (χ3n) is 4.64. The third-order valence-corrected chi connectivity index (χ3v) is 4.64. The largest absolute Gasteiger partial charge is 0.355 e. The van der Waals surface area contributed by atoms with Crippen LogP contribution in [0.1, 0.15) is 52.9 Å². The molecule has 1 amide bonds. The van der Waals surface area contributed by atoms with Gasteiger partial charge in [-0.3, -0.25) is 4.79 Å². The molecule has 2 atom stereocenters. The average Bonchev–Trinajstić information content (AvgIpc) is 2.47. The van der Waals surface area contributed by atoms with E-state index >= 15 is 0 Å². The lowest BCUT2D eigenvalue weighted by atomic mass is 9.99. The van der Waals surface area contributed by atoms with Crippen molar-refractivity contribution >= 4 is 5.91 Å². The lowest BCUT2D eigenvalue weighted by Crippen LogP contribution is -2.44. The number of hydrogen-bond donors (Lipinski definition) is 2. The van der Waals surface area contributed by atoms with Gasteiger partial charge in [-0.1, -0.05) is 27.2 Å².